The summed E-state index contributed by atoms with van der Waals surface area (Å²) in [5.41, 5.74) is 0.115. The molecule has 0 bridgehead atoms. The summed E-state index contributed by atoms with van der Waals surface area (Å²) in [6.07, 6.45) is 0.0359. The highest BCUT2D eigenvalue weighted by atomic mass is 32.2. The van der Waals surface area contributed by atoms with Crippen LogP contribution in [0.3, 0.4) is 0 Å². The number of nitro groups is 1. The molecule has 3 unspecified atom stereocenters. The van der Waals surface area contributed by atoms with Crippen LogP contribution in [0.5, 0.6) is 0 Å². The Morgan fingerprint density at radius 3 is 2.45 bits per heavy atom. The highest BCUT2D eigenvalue weighted by molar-refractivity contribution is 8.00. The molecular weight excluding hydrogens is 446 g/mol. The van der Waals surface area contributed by atoms with Gasteiger partial charge in [-0.2, -0.15) is 0 Å². The number of benzene rings is 2. The Labute approximate surface area is 193 Å². The number of rotatable bonds is 7. The van der Waals surface area contributed by atoms with Crippen molar-refractivity contribution in [2.24, 2.45) is 0 Å². The van der Waals surface area contributed by atoms with Gasteiger partial charge in [0.15, 0.2) is 5.54 Å². The van der Waals surface area contributed by atoms with Gasteiger partial charge < -0.3 is 15.3 Å². The molecular formula is C23H21N3O6S. The fraction of sp³-hybridized carbons (Fsp3) is 0.261. The second kappa shape index (κ2) is 8.70. The van der Waals surface area contributed by atoms with Crippen molar-refractivity contribution in [2.45, 2.75) is 29.8 Å². The first-order valence-corrected chi connectivity index (χ1v) is 11.2. The van der Waals surface area contributed by atoms with E-state index in [2.05, 4.69) is 11.9 Å². The molecule has 0 saturated carbocycles. The van der Waals surface area contributed by atoms with Crippen molar-refractivity contribution in [1.29, 1.82) is 0 Å². The number of thioether (sulfide) groups is 1. The third-order valence-electron chi connectivity index (χ3n) is 5.95. The summed E-state index contributed by atoms with van der Waals surface area (Å²) in [5.74, 6) is -1.69. The van der Waals surface area contributed by atoms with Gasteiger partial charge in [0.1, 0.15) is 11.4 Å². The lowest BCUT2D eigenvalue weighted by Crippen LogP contribution is -2.79. The van der Waals surface area contributed by atoms with Crippen LogP contribution in [0, 0.1) is 10.1 Å². The van der Waals surface area contributed by atoms with Crippen LogP contribution in [0.1, 0.15) is 11.1 Å². The van der Waals surface area contributed by atoms with Crippen LogP contribution < -0.4 is 5.32 Å². The molecule has 0 aliphatic carbocycles. The molecule has 2 fully saturated rings. The SMILES string of the molecule is C=C1CSC2C(NC(=O)Cc3ccc([N+](=O)[O-])cc3)C(=O)N2C1(Cc1ccccc1)C(=O)O. The Hall–Kier alpha value is -3.66. The van der Waals surface area contributed by atoms with E-state index in [0.29, 0.717) is 16.9 Å². The first-order valence-electron chi connectivity index (χ1n) is 10.2. The predicted octanol–water partition coefficient (Wildman–Crippen LogP) is 2.16. The average molecular weight is 468 g/mol. The molecule has 2 aromatic carbocycles. The number of carbonyl (C=O) groups excluding carboxylic acids is 2. The highest BCUT2D eigenvalue weighted by Crippen LogP contribution is 2.47. The van der Waals surface area contributed by atoms with Crippen LogP contribution in [0.25, 0.3) is 0 Å². The molecule has 3 atom stereocenters. The number of aliphatic carboxylic acids is 1. The molecule has 2 aromatic rings. The average Bonchev–Trinajstić information content (AvgIpc) is 2.79. The standard InChI is InChI=1S/C23H21N3O6S/c1-14-13-33-21-19(24-18(27)11-15-7-9-17(10-8-15)26(31)32)20(28)25(21)23(14,22(29)30)12-16-5-3-2-4-6-16/h2-10,19,21H,1,11-13H2,(H,24,27)(H,29,30). The number of nitrogens with zero attached hydrogens (tertiary/aromatic N) is 2. The number of non-ortho nitro benzene ring substituents is 1. The van der Waals surface area contributed by atoms with E-state index in [1.807, 2.05) is 30.3 Å². The quantitative estimate of drug-likeness (QED) is 0.276. The van der Waals surface area contributed by atoms with E-state index >= 15 is 0 Å². The predicted molar refractivity (Wildman–Crippen MR) is 121 cm³/mol. The van der Waals surface area contributed by atoms with Gasteiger partial charge in [0.2, 0.25) is 11.8 Å². The molecule has 2 N–H and O–H groups in total. The van der Waals surface area contributed by atoms with Gasteiger partial charge in [-0.1, -0.05) is 49.0 Å². The van der Waals surface area contributed by atoms with E-state index < -0.39 is 39.7 Å². The third-order valence-corrected chi connectivity index (χ3v) is 7.29. The van der Waals surface area contributed by atoms with Gasteiger partial charge >= 0.3 is 5.97 Å². The molecule has 4 rings (SSSR count). The van der Waals surface area contributed by atoms with E-state index in [-0.39, 0.29) is 18.5 Å². The summed E-state index contributed by atoms with van der Waals surface area (Å²) in [7, 11) is 0. The van der Waals surface area contributed by atoms with Crippen LogP contribution in [0.2, 0.25) is 0 Å². The van der Waals surface area contributed by atoms with E-state index in [1.165, 1.54) is 40.9 Å². The largest absolute Gasteiger partial charge is 0.479 e. The first kappa shape index (κ1) is 22.5. The smallest absolute Gasteiger partial charge is 0.334 e. The molecule has 0 aromatic heterocycles. The van der Waals surface area contributed by atoms with Crippen molar-refractivity contribution in [3.63, 3.8) is 0 Å². The normalized spacial score (nSPS) is 23.9. The Morgan fingerprint density at radius 2 is 1.85 bits per heavy atom. The van der Waals surface area contributed by atoms with Gasteiger partial charge in [-0.3, -0.25) is 19.7 Å². The fourth-order valence-electron chi connectivity index (χ4n) is 4.23. The lowest BCUT2D eigenvalue weighted by Gasteiger charge is -2.58. The number of carboxylic acid groups (broad SMARTS) is 1. The minimum absolute atomic E-state index is 0.0556. The minimum atomic E-state index is -1.58. The minimum Gasteiger partial charge on any atom is -0.479 e. The van der Waals surface area contributed by atoms with Crippen molar-refractivity contribution in [3.05, 3.63) is 88.0 Å². The number of β-lactam (4-membered cyclic amide) rings is 1. The fourth-order valence-corrected chi connectivity index (χ4v) is 5.65. The lowest BCUT2D eigenvalue weighted by molar-refractivity contribution is -0.384. The van der Waals surface area contributed by atoms with Gasteiger partial charge in [0.25, 0.3) is 5.69 Å². The van der Waals surface area contributed by atoms with Crippen molar-refractivity contribution in [3.8, 4) is 0 Å². The zero-order valence-electron chi connectivity index (χ0n) is 17.5. The monoisotopic (exact) mass is 467 g/mol. The van der Waals surface area contributed by atoms with Crippen LogP contribution in [0.15, 0.2) is 66.7 Å². The molecule has 2 heterocycles. The van der Waals surface area contributed by atoms with Crippen LogP contribution in [0.4, 0.5) is 5.69 Å². The number of carboxylic acids is 1. The maximum atomic E-state index is 13.1. The van der Waals surface area contributed by atoms with E-state index in [0.717, 1.165) is 5.56 Å². The molecule has 2 saturated heterocycles. The summed E-state index contributed by atoms with van der Waals surface area (Å²) in [4.78, 5) is 49.7. The Bertz CT molecular complexity index is 1140. The first-order chi connectivity index (χ1) is 15.7. The van der Waals surface area contributed by atoms with Gasteiger partial charge in [-0.15, -0.1) is 11.8 Å². The molecule has 9 nitrogen and oxygen atoms in total. The lowest BCUT2D eigenvalue weighted by atomic mass is 9.79. The molecule has 0 radical (unpaired) electrons. The zero-order chi connectivity index (χ0) is 23.8. The number of nitrogens with one attached hydrogen (secondary N) is 1. The van der Waals surface area contributed by atoms with E-state index in [4.69, 9.17) is 0 Å². The summed E-state index contributed by atoms with van der Waals surface area (Å²) in [5, 5.41) is 23.1. The maximum absolute atomic E-state index is 13.1. The Balaban J connectivity index is 1.50. The van der Waals surface area contributed by atoms with Crippen molar-refractivity contribution in [1.82, 2.24) is 10.2 Å². The maximum Gasteiger partial charge on any atom is 0.334 e. The number of nitro benzene ring substituents is 1. The number of carbonyl (C=O) groups is 3. The van der Waals surface area contributed by atoms with Crippen molar-refractivity contribution in [2.75, 3.05) is 5.75 Å². The summed E-state index contributed by atoms with van der Waals surface area (Å²) in [6.45, 7) is 3.97. The number of fused-ring (bicyclic) bond motifs is 1. The second-order valence-electron chi connectivity index (χ2n) is 7.99. The Morgan fingerprint density at radius 1 is 1.18 bits per heavy atom. The molecule has 10 heteroatoms. The second-order valence-corrected chi connectivity index (χ2v) is 9.09. The van der Waals surface area contributed by atoms with Gasteiger partial charge in [-0.05, 0) is 16.7 Å². The number of amides is 2. The summed E-state index contributed by atoms with van der Waals surface area (Å²) in [6, 6.07) is 13.8. The van der Waals surface area contributed by atoms with E-state index in [9.17, 15) is 29.6 Å². The molecule has 2 amide bonds. The molecule has 170 valence electrons. The molecule has 2 aliphatic rings. The third kappa shape index (κ3) is 3.97. The zero-order valence-corrected chi connectivity index (χ0v) is 18.3. The van der Waals surface area contributed by atoms with E-state index in [1.54, 1.807) is 0 Å². The van der Waals surface area contributed by atoms with Crippen LogP contribution >= 0.6 is 11.8 Å². The van der Waals surface area contributed by atoms with Crippen LogP contribution in [-0.2, 0) is 27.2 Å². The Kier molecular flexibility index (Phi) is 5.94. The summed E-state index contributed by atoms with van der Waals surface area (Å²) >= 11 is 1.37. The molecule has 0 spiro atoms. The summed E-state index contributed by atoms with van der Waals surface area (Å²) < 4.78 is 0. The molecule has 2 aliphatic heterocycles. The van der Waals surface area contributed by atoms with Crippen molar-refractivity contribution >= 4 is 35.2 Å². The number of hydrogen-bond acceptors (Lipinski definition) is 6. The highest BCUT2D eigenvalue weighted by Gasteiger charge is 2.64. The van der Waals surface area contributed by atoms with Gasteiger partial charge in [-0.25, -0.2) is 4.79 Å². The van der Waals surface area contributed by atoms with Crippen molar-refractivity contribution < 1.29 is 24.4 Å². The van der Waals surface area contributed by atoms with Crippen LogP contribution in [-0.4, -0.2) is 55.4 Å². The van der Waals surface area contributed by atoms with Gasteiger partial charge in [0.05, 0.1) is 11.3 Å². The molecule has 33 heavy (non-hydrogen) atoms. The van der Waals surface area contributed by atoms with Gasteiger partial charge in [0, 0.05) is 24.3 Å². The topological polar surface area (TPSA) is 130 Å². The number of hydrogen-bond donors (Lipinski definition) is 2.